The summed E-state index contributed by atoms with van der Waals surface area (Å²) < 4.78 is 5.91. The zero-order valence-corrected chi connectivity index (χ0v) is 36.7. The van der Waals surface area contributed by atoms with Crippen molar-refractivity contribution < 1.29 is 5.32 Å². The van der Waals surface area contributed by atoms with Crippen LogP contribution >= 0.6 is 0 Å². The van der Waals surface area contributed by atoms with Gasteiger partial charge in [0.1, 0.15) is 0 Å². The number of aromatic nitrogens is 2. The molecule has 5 heteroatoms. The number of hydrogen-bond acceptors (Lipinski definition) is 2. The molecule has 3 aromatic rings. The third-order valence-corrected chi connectivity index (χ3v) is 18.3. The summed E-state index contributed by atoms with van der Waals surface area (Å²) >= 11 is 0. The van der Waals surface area contributed by atoms with Crippen molar-refractivity contribution in [2.45, 2.75) is 198 Å². The van der Waals surface area contributed by atoms with Gasteiger partial charge in [-0.15, -0.1) is 0 Å². The number of rotatable bonds is 6. The number of fused-ring (bicyclic) bond motifs is 6. The zero-order chi connectivity index (χ0) is 40.2. The molecule has 4 fully saturated rings. The van der Waals surface area contributed by atoms with Gasteiger partial charge in [0.25, 0.3) is 0 Å². The van der Waals surface area contributed by atoms with Gasteiger partial charge in [0.2, 0.25) is 0 Å². The number of nitrogens with two attached hydrogens (primary N) is 1. The van der Waals surface area contributed by atoms with Crippen molar-refractivity contribution in [3.63, 3.8) is 0 Å². The Morgan fingerprint density at radius 1 is 0.517 bits per heavy atom. The second kappa shape index (κ2) is 17.0. The molecule has 2 N–H and O–H groups in total. The largest absolute Gasteiger partial charge is 0.307 e. The summed E-state index contributed by atoms with van der Waals surface area (Å²) in [6.07, 6.45) is 39.9. The Hall–Kier alpha value is -3.54. The Morgan fingerprint density at radius 3 is 1.82 bits per heavy atom. The molecule has 0 radical (unpaired) electrons. The molecular weight excluding hydrogens is 731 g/mol. The molecule has 1 aliphatic heterocycles. The number of nitrogens with zero attached hydrogens (tertiary/aromatic N) is 4. The Bertz CT molecular complexity index is 2130. The van der Waals surface area contributed by atoms with E-state index in [1.807, 2.05) is 0 Å². The molecule has 1 saturated heterocycles. The Morgan fingerprint density at radius 2 is 1.13 bits per heavy atom. The van der Waals surface area contributed by atoms with Crippen molar-refractivity contribution in [3.8, 4) is 12.1 Å². The first kappa shape index (κ1) is 39.3. The smallest absolute Gasteiger partial charge is 0.167 e. The van der Waals surface area contributed by atoms with E-state index in [2.05, 4.69) is 63.0 Å². The van der Waals surface area contributed by atoms with Gasteiger partial charge in [-0.1, -0.05) is 68.9 Å². The van der Waals surface area contributed by atoms with Crippen molar-refractivity contribution in [2.24, 2.45) is 35.5 Å². The third kappa shape index (κ3) is 6.97. The summed E-state index contributed by atoms with van der Waals surface area (Å²) in [5.74, 6) is 4.56. The molecule has 1 aromatic carbocycles. The number of benzene rings is 1. The van der Waals surface area contributed by atoms with E-state index in [0.29, 0.717) is 41.9 Å². The fourth-order valence-electron chi connectivity index (χ4n) is 15.8. The average Bonchev–Trinajstić information content (AvgIpc) is 3.84. The number of nitriles is 2. The normalized spacial score (nSPS) is 34.0. The highest BCUT2D eigenvalue weighted by atomic mass is 15.3. The zero-order valence-electron chi connectivity index (χ0n) is 36.7. The second-order valence-corrected chi connectivity index (χ2v) is 21.4. The molecule has 316 valence electrons. The molecule has 0 spiro atoms. The highest BCUT2D eigenvalue weighted by molar-refractivity contribution is 5.59. The van der Waals surface area contributed by atoms with E-state index in [-0.39, 0.29) is 11.8 Å². The fraction of sp³-hybridized carbons (Fsp3) is 0.673. The lowest BCUT2D eigenvalue weighted by molar-refractivity contribution is -0.773. The summed E-state index contributed by atoms with van der Waals surface area (Å²) in [4.78, 5) is 0. The Kier molecular flexibility index (Phi) is 11.1. The predicted octanol–water partition coefficient (Wildman–Crippen LogP) is 11.9. The van der Waals surface area contributed by atoms with Gasteiger partial charge in [0.05, 0.1) is 18.1 Å². The van der Waals surface area contributed by atoms with Gasteiger partial charge in [0, 0.05) is 41.5 Å². The molecule has 5 nitrogen and oxygen atoms in total. The van der Waals surface area contributed by atoms with E-state index >= 15 is 0 Å². The lowest BCUT2D eigenvalue weighted by atomic mass is 9.61. The Labute approximate surface area is 361 Å². The van der Waals surface area contributed by atoms with E-state index in [0.717, 1.165) is 50.9 Å². The summed E-state index contributed by atoms with van der Waals surface area (Å²) in [5.41, 5.74) is 16.7. The van der Waals surface area contributed by atoms with Crippen LogP contribution < -0.4 is 5.32 Å². The number of piperidine rings is 1. The van der Waals surface area contributed by atoms with Crippen molar-refractivity contribution >= 4 is 6.08 Å². The minimum Gasteiger partial charge on any atom is -0.307 e. The minimum atomic E-state index is 0.162. The van der Waals surface area contributed by atoms with Crippen molar-refractivity contribution in [1.29, 1.82) is 10.5 Å². The minimum absolute atomic E-state index is 0.162. The standard InChI is InChI=1S/C55H71N5/c56-34-36-14-13-15-38(30-36)40-16-1-3-18-42(40)44-20-5-6-21-45(44)43-19-4-2-17-41(43)39-32-54(59-50-25-10-7-22-46(50)47-23-8-11-26-51(47)59)58-55(33-39)60-52-27-12-9-24-48(52)49-31-37(35-57)28-29-53(49)60/h5-6,12,20-21,27,36-43,54-55,58H,1-4,7-11,13-19,22-26,28-33H2/p+1. The quantitative estimate of drug-likeness (QED) is 0.270. The highest BCUT2D eigenvalue weighted by Gasteiger charge is 2.46. The molecule has 60 heavy (non-hydrogen) atoms. The Balaban J connectivity index is 0.994. The van der Waals surface area contributed by atoms with Crippen LogP contribution in [-0.2, 0) is 44.9 Å². The van der Waals surface area contributed by atoms with Crippen LogP contribution in [0, 0.1) is 58.2 Å². The van der Waals surface area contributed by atoms with Gasteiger partial charge < -0.3 is 5.32 Å². The van der Waals surface area contributed by atoms with Crippen LogP contribution in [0.5, 0.6) is 0 Å². The molecule has 10 unspecified atom stereocenters. The van der Waals surface area contributed by atoms with Crippen LogP contribution in [0.15, 0.2) is 30.3 Å². The van der Waals surface area contributed by atoms with Crippen molar-refractivity contribution in [2.75, 3.05) is 0 Å². The second-order valence-electron chi connectivity index (χ2n) is 21.4. The van der Waals surface area contributed by atoms with E-state index in [4.69, 9.17) is 0 Å². The molecule has 3 heterocycles. The summed E-state index contributed by atoms with van der Waals surface area (Å²) in [5, 5.41) is 23.0. The number of quaternary nitrogens is 1. The molecule has 0 bridgehead atoms. The molecular formula is C55H72N5+. The van der Waals surface area contributed by atoms with Crippen LogP contribution in [0.3, 0.4) is 0 Å². The van der Waals surface area contributed by atoms with Gasteiger partial charge in [0.15, 0.2) is 12.3 Å². The van der Waals surface area contributed by atoms with Crippen LogP contribution in [0.4, 0.5) is 0 Å². The third-order valence-electron chi connectivity index (χ3n) is 18.3. The first-order valence-corrected chi connectivity index (χ1v) is 25.6. The van der Waals surface area contributed by atoms with Crippen LogP contribution in [0.1, 0.15) is 209 Å². The fourth-order valence-corrected chi connectivity index (χ4v) is 15.8. The number of allylic oxidation sites excluding steroid dienone is 1. The van der Waals surface area contributed by atoms with Crippen molar-refractivity contribution in [3.05, 3.63) is 86.5 Å². The first-order chi connectivity index (χ1) is 29.7. The maximum atomic E-state index is 10.1. The van der Waals surface area contributed by atoms with E-state index in [1.165, 1.54) is 134 Å². The molecule has 11 rings (SSSR count). The van der Waals surface area contributed by atoms with Gasteiger partial charge in [-0.3, -0.25) is 9.13 Å². The van der Waals surface area contributed by atoms with E-state index in [1.54, 1.807) is 50.5 Å². The summed E-state index contributed by atoms with van der Waals surface area (Å²) in [6, 6.07) is 15.4. The van der Waals surface area contributed by atoms with Crippen LogP contribution in [-0.4, -0.2) is 9.13 Å². The van der Waals surface area contributed by atoms with E-state index < -0.39 is 0 Å². The topological polar surface area (TPSA) is 74.0 Å². The highest BCUT2D eigenvalue weighted by Crippen LogP contribution is 2.53. The van der Waals surface area contributed by atoms with E-state index in [9.17, 15) is 10.5 Å². The molecule has 0 amide bonds. The lowest BCUT2D eigenvalue weighted by Gasteiger charge is -2.46. The molecule has 3 saturated carbocycles. The maximum absolute atomic E-state index is 10.1. The first-order valence-electron chi connectivity index (χ1n) is 25.6. The lowest BCUT2D eigenvalue weighted by Crippen LogP contribution is -2.91. The molecule has 10 atom stereocenters. The van der Waals surface area contributed by atoms with Gasteiger partial charge in [-0.2, -0.15) is 10.5 Å². The molecule has 7 aliphatic carbocycles. The molecule has 2 aromatic heterocycles. The van der Waals surface area contributed by atoms with Crippen LogP contribution in [0.25, 0.3) is 6.08 Å². The maximum Gasteiger partial charge on any atom is 0.167 e. The predicted molar refractivity (Wildman–Crippen MR) is 240 cm³/mol. The summed E-state index contributed by atoms with van der Waals surface area (Å²) in [6.45, 7) is 0. The summed E-state index contributed by atoms with van der Waals surface area (Å²) in [7, 11) is 0. The molecule has 8 aliphatic rings. The monoisotopic (exact) mass is 803 g/mol. The van der Waals surface area contributed by atoms with Crippen molar-refractivity contribution in [1.82, 2.24) is 9.13 Å². The van der Waals surface area contributed by atoms with Gasteiger partial charge in [-0.05, 0) is 197 Å². The average molecular weight is 803 g/mol. The number of hydrogen-bond donors (Lipinski definition) is 1. The van der Waals surface area contributed by atoms with Gasteiger partial charge in [-0.25, -0.2) is 0 Å². The SMILES string of the molecule is N#CC1CCc2c(c3c(n2C2CC(C4CCCCC4c4ccccc4C4CCCCC4C4CCCC(C#N)C4)CC(n4c5c(c6c4CCCC6)CCCC5)[NH2+]2)C=CCC3)C1. The van der Waals surface area contributed by atoms with Gasteiger partial charge >= 0.3 is 0 Å². The van der Waals surface area contributed by atoms with Crippen LogP contribution in [0.2, 0.25) is 0 Å².